The second kappa shape index (κ2) is 16.0. The van der Waals surface area contributed by atoms with E-state index in [0.717, 1.165) is 66.4 Å². The van der Waals surface area contributed by atoms with E-state index in [2.05, 4.69) is 0 Å². The molecule has 0 aliphatic rings. The number of esters is 2. The highest BCUT2D eigenvalue weighted by Gasteiger charge is 2.16. The lowest BCUT2D eigenvalue weighted by Crippen LogP contribution is -3.00. The Kier molecular flexibility index (Phi) is 12.5. The van der Waals surface area contributed by atoms with Crippen LogP contribution in [0.15, 0.2) is 79.1 Å². The molecule has 0 aliphatic carbocycles. The first-order chi connectivity index (χ1) is 19.0. The fraction of sp³-hybridized carbons (Fsp3) is 0.344. The molecule has 8 heteroatoms. The van der Waals surface area contributed by atoms with Gasteiger partial charge in [0, 0.05) is 29.6 Å². The van der Waals surface area contributed by atoms with Gasteiger partial charge in [-0.15, -0.1) is 0 Å². The fourth-order valence-corrected chi connectivity index (χ4v) is 4.55. The number of ether oxygens (including phenoxy) is 3. The van der Waals surface area contributed by atoms with Gasteiger partial charge in [-0.05, 0) is 48.2 Å². The summed E-state index contributed by atoms with van der Waals surface area (Å²) < 4.78 is 20.4. The number of rotatable bonds is 14. The lowest BCUT2D eigenvalue weighted by molar-refractivity contribution is -0.671. The van der Waals surface area contributed by atoms with Crippen LogP contribution in [-0.2, 0) is 40.9 Å². The van der Waals surface area contributed by atoms with Crippen LogP contribution < -0.4 is 33.3 Å². The van der Waals surface area contributed by atoms with Crippen molar-refractivity contribution in [2.75, 3.05) is 13.7 Å². The third-order valence-corrected chi connectivity index (χ3v) is 6.70. The van der Waals surface area contributed by atoms with Crippen LogP contribution in [-0.4, -0.2) is 30.2 Å². The van der Waals surface area contributed by atoms with Crippen LogP contribution in [0.3, 0.4) is 0 Å². The molecule has 0 radical (unpaired) electrons. The van der Waals surface area contributed by atoms with Crippen molar-refractivity contribution >= 4 is 22.8 Å². The van der Waals surface area contributed by atoms with Crippen LogP contribution >= 0.6 is 0 Å². The maximum atomic E-state index is 12.5. The summed E-state index contributed by atoms with van der Waals surface area (Å²) in [5.74, 6) is 0.231. The molecular formula is C32H37IN2O5. The predicted octanol–water partition coefficient (Wildman–Crippen LogP) is 2.57. The first-order valence-electron chi connectivity index (χ1n) is 13.5. The van der Waals surface area contributed by atoms with E-state index in [1.165, 1.54) is 7.11 Å². The van der Waals surface area contributed by atoms with Crippen molar-refractivity contribution in [3.05, 3.63) is 95.9 Å². The summed E-state index contributed by atoms with van der Waals surface area (Å²) in [6.45, 7) is 1.66. The van der Waals surface area contributed by atoms with Crippen molar-refractivity contribution in [3.8, 4) is 5.75 Å². The molecule has 40 heavy (non-hydrogen) atoms. The molecule has 7 nitrogen and oxygen atoms in total. The molecule has 212 valence electrons. The lowest BCUT2D eigenvalue weighted by Gasteiger charge is -2.11. The Hall–Kier alpha value is -3.40. The van der Waals surface area contributed by atoms with Gasteiger partial charge < -0.3 is 42.8 Å². The third-order valence-electron chi connectivity index (χ3n) is 6.70. The topological polar surface area (TPSA) is 70.6 Å². The van der Waals surface area contributed by atoms with E-state index < -0.39 is 0 Å². The average Bonchev–Trinajstić information content (AvgIpc) is 3.32. The molecule has 2 aromatic heterocycles. The van der Waals surface area contributed by atoms with Crippen LogP contribution in [0.1, 0.15) is 53.7 Å². The number of methoxy groups -OCH3 is 1. The Morgan fingerprint density at radius 1 is 0.850 bits per heavy atom. The number of nitrogens with zero attached hydrogens (tertiary/aromatic N) is 2. The van der Waals surface area contributed by atoms with E-state index in [0.29, 0.717) is 25.3 Å². The fourth-order valence-electron chi connectivity index (χ4n) is 4.55. The van der Waals surface area contributed by atoms with Crippen LogP contribution in [0.5, 0.6) is 5.75 Å². The minimum absolute atomic E-state index is 0. The Morgan fingerprint density at radius 3 is 2.33 bits per heavy atom. The highest BCUT2D eigenvalue weighted by atomic mass is 127. The Balaban J connectivity index is 0.00000441. The van der Waals surface area contributed by atoms with Crippen molar-refractivity contribution in [3.63, 3.8) is 0 Å². The number of benzene rings is 2. The van der Waals surface area contributed by atoms with Crippen molar-refractivity contribution in [2.45, 2.75) is 51.7 Å². The molecule has 2 aromatic carbocycles. The quantitative estimate of drug-likeness (QED) is 0.0904. The lowest BCUT2D eigenvalue weighted by atomic mass is 10.1. The summed E-state index contributed by atoms with van der Waals surface area (Å²) in [5.41, 5.74) is 3.59. The van der Waals surface area contributed by atoms with Gasteiger partial charge in [0.05, 0.1) is 20.1 Å². The second-order valence-corrected chi connectivity index (χ2v) is 9.70. The molecule has 0 saturated carbocycles. The zero-order valence-electron chi connectivity index (χ0n) is 23.2. The van der Waals surface area contributed by atoms with Gasteiger partial charge in [0.15, 0.2) is 12.4 Å². The Labute approximate surface area is 253 Å². The maximum Gasteiger partial charge on any atom is 0.354 e. The molecule has 0 spiro atoms. The zero-order valence-corrected chi connectivity index (χ0v) is 25.3. The SMILES string of the molecule is COC(=O)c1cc2cc(OCc3ccccc3)ccc2n1CCCCCCCOC(=O)Cc1cc[n+](C)cc1.[I-]. The number of aromatic nitrogens is 2. The van der Waals surface area contributed by atoms with E-state index in [-0.39, 0.29) is 35.9 Å². The number of pyridine rings is 1. The second-order valence-electron chi connectivity index (χ2n) is 9.70. The molecule has 0 fully saturated rings. The van der Waals surface area contributed by atoms with Gasteiger partial charge >= 0.3 is 11.9 Å². The minimum atomic E-state index is -0.343. The number of halogens is 1. The van der Waals surface area contributed by atoms with Crippen LogP contribution in [0.2, 0.25) is 0 Å². The average molecular weight is 657 g/mol. The number of hydrogen-bond donors (Lipinski definition) is 0. The minimum Gasteiger partial charge on any atom is -1.00 e. The first kappa shape index (κ1) is 31.1. The highest BCUT2D eigenvalue weighted by Crippen LogP contribution is 2.26. The molecule has 0 aliphatic heterocycles. The van der Waals surface area contributed by atoms with Gasteiger partial charge in [-0.1, -0.05) is 49.6 Å². The van der Waals surface area contributed by atoms with E-state index in [9.17, 15) is 9.59 Å². The van der Waals surface area contributed by atoms with Crippen LogP contribution in [0, 0.1) is 0 Å². The van der Waals surface area contributed by atoms with Gasteiger partial charge in [-0.3, -0.25) is 4.79 Å². The maximum absolute atomic E-state index is 12.5. The van der Waals surface area contributed by atoms with E-state index in [1.807, 2.05) is 95.3 Å². The van der Waals surface area contributed by atoms with E-state index >= 15 is 0 Å². The molecule has 4 rings (SSSR count). The summed E-state index contributed by atoms with van der Waals surface area (Å²) in [6, 6.07) is 21.7. The van der Waals surface area contributed by atoms with E-state index in [1.54, 1.807) is 0 Å². The molecule has 0 saturated heterocycles. The van der Waals surface area contributed by atoms with Gasteiger partial charge in [0.25, 0.3) is 0 Å². The molecule has 0 atom stereocenters. The monoisotopic (exact) mass is 656 g/mol. The Morgan fingerprint density at radius 2 is 1.57 bits per heavy atom. The van der Waals surface area contributed by atoms with Gasteiger partial charge in [-0.25, -0.2) is 9.36 Å². The van der Waals surface area contributed by atoms with Gasteiger partial charge in [0.1, 0.15) is 25.1 Å². The smallest absolute Gasteiger partial charge is 0.354 e. The largest absolute Gasteiger partial charge is 1.00 e. The van der Waals surface area contributed by atoms with E-state index in [4.69, 9.17) is 14.2 Å². The Bertz CT molecular complexity index is 1370. The number of aryl methyl sites for hydroxylation is 2. The third kappa shape index (κ3) is 9.08. The number of hydrogen-bond acceptors (Lipinski definition) is 5. The summed E-state index contributed by atoms with van der Waals surface area (Å²) >= 11 is 0. The van der Waals surface area contributed by atoms with Gasteiger partial charge in [-0.2, -0.15) is 0 Å². The summed E-state index contributed by atoms with van der Waals surface area (Å²) in [5, 5.41) is 0.951. The number of carbonyl (C=O) groups is 2. The molecular weight excluding hydrogens is 619 g/mol. The van der Waals surface area contributed by atoms with Crippen LogP contribution in [0.25, 0.3) is 10.9 Å². The molecule has 0 unspecified atom stereocenters. The molecule has 0 amide bonds. The number of fused-ring (bicyclic) bond motifs is 1. The summed E-state index contributed by atoms with van der Waals surface area (Å²) in [7, 11) is 3.35. The molecule has 4 aromatic rings. The normalized spacial score (nSPS) is 10.7. The first-order valence-corrected chi connectivity index (χ1v) is 13.5. The molecule has 0 bridgehead atoms. The van der Waals surface area contributed by atoms with Crippen molar-refractivity contribution in [1.29, 1.82) is 0 Å². The standard InChI is InChI=1S/C32H37N2O5.HI/c1-33-18-15-25(16-19-33)21-31(35)38-20-10-5-3-4-9-17-34-29-14-13-28(39-24-26-11-7-6-8-12-26)22-27(29)23-30(34)32(36)37-2;/h6-8,11-16,18-19,22-23H,3-5,9-10,17,20-21,24H2,1-2H3;1H/q+1;/p-1. The van der Waals surface area contributed by atoms with Gasteiger partial charge in [0.2, 0.25) is 0 Å². The number of carbonyl (C=O) groups excluding carboxylic acids is 2. The zero-order chi connectivity index (χ0) is 27.5. The van der Waals surface area contributed by atoms with Crippen LogP contribution in [0.4, 0.5) is 0 Å². The summed E-state index contributed by atoms with van der Waals surface area (Å²) in [6.07, 6.45) is 8.98. The highest BCUT2D eigenvalue weighted by molar-refractivity contribution is 5.96. The van der Waals surface area contributed by atoms with Crippen molar-refractivity contribution < 1.29 is 52.3 Å². The van der Waals surface area contributed by atoms with Crippen molar-refractivity contribution in [1.82, 2.24) is 4.57 Å². The molecule has 2 heterocycles. The number of unbranched alkanes of at least 4 members (excludes halogenated alkanes) is 4. The van der Waals surface area contributed by atoms with Crippen molar-refractivity contribution in [2.24, 2.45) is 7.05 Å². The summed E-state index contributed by atoms with van der Waals surface area (Å²) in [4.78, 5) is 24.5. The predicted molar refractivity (Wildman–Crippen MR) is 149 cm³/mol. The molecule has 0 N–H and O–H groups in total.